The fourth-order valence-corrected chi connectivity index (χ4v) is 5.48. The number of ether oxygens (including phenoxy) is 1. The average Bonchev–Trinajstić information content (AvgIpc) is 3.34. The Balaban J connectivity index is 1.89. The van der Waals surface area contributed by atoms with Crippen LogP contribution in [0.15, 0.2) is 65.7 Å². The van der Waals surface area contributed by atoms with E-state index in [1.165, 1.54) is 3.97 Å². The number of fused-ring (bicyclic) bond motifs is 2. The fourth-order valence-electron chi connectivity index (χ4n) is 3.82. The van der Waals surface area contributed by atoms with Gasteiger partial charge in [-0.05, 0) is 55.8 Å². The van der Waals surface area contributed by atoms with E-state index in [1.807, 2.05) is 26.0 Å². The van der Waals surface area contributed by atoms with Crippen molar-refractivity contribution in [2.45, 2.75) is 18.7 Å². The number of methoxy groups -OCH3 is 1. The van der Waals surface area contributed by atoms with Crippen molar-refractivity contribution in [2.24, 2.45) is 0 Å². The van der Waals surface area contributed by atoms with Crippen molar-refractivity contribution in [1.82, 2.24) is 18.6 Å². The van der Waals surface area contributed by atoms with Crippen LogP contribution in [0, 0.1) is 13.8 Å². The van der Waals surface area contributed by atoms with Gasteiger partial charge in [0.15, 0.2) is 5.65 Å². The zero-order chi connectivity index (χ0) is 22.6. The summed E-state index contributed by atoms with van der Waals surface area (Å²) in [6, 6.07) is 15.6. The number of imidazole rings is 1. The molecule has 3 heterocycles. The second kappa shape index (κ2) is 7.36. The van der Waals surface area contributed by atoms with E-state index >= 15 is 0 Å². The van der Waals surface area contributed by atoms with E-state index in [-0.39, 0.29) is 10.0 Å². The van der Waals surface area contributed by atoms with E-state index in [4.69, 9.17) is 16.3 Å². The lowest BCUT2D eigenvalue weighted by atomic mass is 10.1. The van der Waals surface area contributed by atoms with Crippen LogP contribution in [0.5, 0.6) is 5.75 Å². The number of hydrogen-bond donors (Lipinski definition) is 0. The molecule has 9 heteroatoms. The van der Waals surface area contributed by atoms with Gasteiger partial charge in [-0.25, -0.2) is 21.9 Å². The highest BCUT2D eigenvalue weighted by Gasteiger charge is 2.26. The molecule has 0 aliphatic carbocycles. The predicted octanol–water partition coefficient (Wildman–Crippen LogP) is 4.87. The summed E-state index contributed by atoms with van der Waals surface area (Å²) in [6.07, 6.45) is 1.60. The van der Waals surface area contributed by atoms with Crippen molar-refractivity contribution >= 4 is 38.2 Å². The van der Waals surface area contributed by atoms with Crippen LogP contribution >= 0.6 is 11.6 Å². The lowest BCUT2D eigenvalue weighted by Crippen LogP contribution is -2.15. The molecule has 0 fully saturated rings. The van der Waals surface area contributed by atoms with Gasteiger partial charge in [-0.2, -0.15) is 5.10 Å². The third-order valence-electron chi connectivity index (χ3n) is 5.43. The van der Waals surface area contributed by atoms with Crippen molar-refractivity contribution in [1.29, 1.82) is 0 Å². The van der Waals surface area contributed by atoms with E-state index in [2.05, 4.69) is 10.1 Å². The van der Waals surface area contributed by atoms with E-state index < -0.39 is 10.0 Å². The quantitative estimate of drug-likeness (QED) is 0.377. The molecule has 0 bridgehead atoms. The third-order valence-corrected chi connectivity index (χ3v) is 7.37. The van der Waals surface area contributed by atoms with Crippen LogP contribution in [-0.2, 0) is 10.0 Å². The van der Waals surface area contributed by atoms with E-state index in [1.54, 1.807) is 60.3 Å². The lowest BCUT2D eigenvalue weighted by molar-refractivity contribution is 0.412. The Hall–Kier alpha value is -3.36. The van der Waals surface area contributed by atoms with Gasteiger partial charge in [0, 0.05) is 11.5 Å². The largest absolute Gasteiger partial charge is 0.496 e. The topological polar surface area (TPSA) is 78.5 Å². The molecular formula is C23H19ClN4O3S. The number of aromatic nitrogens is 4. The number of aryl methyl sites for hydroxylation is 2. The van der Waals surface area contributed by atoms with E-state index in [9.17, 15) is 8.42 Å². The molecule has 0 radical (unpaired) electrons. The maximum absolute atomic E-state index is 13.9. The molecule has 0 N–H and O–H groups in total. The Morgan fingerprint density at radius 2 is 1.72 bits per heavy atom. The van der Waals surface area contributed by atoms with Gasteiger partial charge in [0.1, 0.15) is 16.6 Å². The maximum atomic E-state index is 13.9. The van der Waals surface area contributed by atoms with E-state index in [0.717, 1.165) is 16.5 Å². The summed E-state index contributed by atoms with van der Waals surface area (Å²) in [5.41, 5.74) is 3.86. The minimum atomic E-state index is -3.95. The molecule has 7 nitrogen and oxygen atoms in total. The van der Waals surface area contributed by atoms with Crippen LogP contribution in [-0.4, -0.2) is 34.1 Å². The van der Waals surface area contributed by atoms with Gasteiger partial charge >= 0.3 is 0 Å². The van der Waals surface area contributed by atoms with Crippen molar-refractivity contribution in [3.8, 4) is 17.1 Å². The summed E-state index contributed by atoms with van der Waals surface area (Å²) in [7, 11) is -2.39. The summed E-state index contributed by atoms with van der Waals surface area (Å²) in [5, 5.41) is 5.36. The van der Waals surface area contributed by atoms with Crippen LogP contribution < -0.4 is 4.74 Å². The molecule has 162 valence electrons. The number of benzene rings is 2. The first kappa shape index (κ1) is 20.5. The predicted molar refractivity (Wildman–Crippen MR) is 124 cm³/mol. The van der Waals surface area contributed by atoms with Gasteiger partial charge in [-0.1, -0.05) is 29.3 Å². The van der Waals surface area contributed by atoms with Crippen LogP contribution in [0.4, 0.5) is 0 Å². The fraction of sp³-hybridized carbons (Fsp3) is 0.130. The summed E-state index contributed by atoms with van der Waals surface area (Å²) < 4.78 is 36.1. The Kier molecular flexibility index (Phi) is 4.72. The van der Waals surface area contributed by atoms with Gasteiger partial charge in [-0.3, -0.25) is 0 Å². The zero-order valence-corrected chi connectivity index (χ0v) is 19.1. The van der Waals surface area contributed by atoms with Gasteiger partial charge in [-0.15, -0.1) is 0 Å². The molecule has 3 aromatic heterocycles. The lowest BCUT2D eigenvalue weighted by Gasteiger charge is -2.13. The molecule has 0 aliphatic rings. The van der Waals surface area contributed by atoms with Gasteiger partial charge in [0.25, 0.3) is 10.0 Å². The van der Waals surface area contributed by atoms with Crippen LogP contribution in [0.25, 0.3) is 27.9 Å². The second-order valence-electron chi connectivity index (χ2n) is 7.56. The molecule has 5 aromatic rings. The number of hydrogen-bond acceptors (Lipinski definition) is 5. The van der Waals surface area contributed by atoms with Crippen LogP contribution in [0.2, 0.25) is 5.15 Å². The smallest absolute Gasteiger partial charge is 0.268 e. The average molecular weight is 467 g/mol. The number of nitrogens with zero attached hydrogens (tertiary/aromatic N) is 4. The van der Waals surface area contributed by atoms with Gasteiger partial charge in [0.05, 0.1) is 29.4 Å². The molecule has 32 heavy (non-hydrogen) atoms. The molecule has 0 aliphatic heterocycles. The Morgan fingerprint density at radius 1 is 0.969 bits per heavy atom. The maximum Gasteiger partial charge on any atom is 0.268 e. The summed E-state index contributed by atoms with van der Waals surface area (Å²) in [4.78, 5) is 4.56. The molecule has 0 spiro atoms. The normalized spacial score (nSPS) is 12.0. The highest BCUT2D eigenvalue weighted by molar-refractivity contribution is 7.90. The Bertz CT molecular complexity index is 1600. The van der Waals surface area contributed by atoms with Crippen molar-refractivity contribution < 1.29 is 13.2 Å². The van der Waals surface area contributed by atoms with Crippen LogP contribution in [0.3, 0.4) is 0 Å². The highest BCUT2D eigenvalue weighted by atomic mass is 35.5. The molecule has 2 aromatic carbocycles. The standard InChI is InChI=1S/C23H19ClN4O3S/c1-14-4-6-17(7-5-14)32(29,30)28-18-12-21(31-3)15(2)10-16(18)11-19(28)20-13-25-23-9-8-22(24)26-27(20)23/h4-13H,1-3H3. The second-order valence-corrected chi connectivity index (χ2v) is 9.74. The molecule has 0 unspecified atom stereocenters. The Labute approximate surface area is 189 Å². The first-order valence-electron chi connectivity index (χ1n) is 9.82. The molecule has 0 amide bonds. The number of halogens is 1. The molecule has 0 atom stereocenters. The zero-order valence-electron chi connectivity index (χ0n) is 17.6. The monoisotopic (exact) mass is 466 g/mol. The van der Waals surface area contributed by atoms with Crippen LogP contribution in [0.1, 0.15) is 11.1 Å². The first-order valence-corrected chi connectivity index (χ1v) is 11.6. The van der Waals surface area contributed by atoms with Gasteiger partial charge in [0.2, 0.25) is 0 Å². The van der Waals surface area contributed by atoms with Crippen molar-refractivity contribution in [2.75, 3.05) is 7.11 Å². The Morgan fingerprint density at radius 3 is 2.44 bits per heavy atom. The molecule has 0 saturated carbocycles. The van der Waals surface area contributed by atoms with E-state index in [0.29, 0.717) is 28.3 Å². The first-order chi connectivity index (χ1) is 15.3. The summed E-state index contributed by atoms with van der Waals surface area (Å²) in [6.45, 7) is 3.83. The summed E-state index contributed by atoms with van der Waals surface area (Å²) >= 11 is 6.11. The highest BCUT2D eigenvalue weighted by Crippen LogP contribution is 2.35. The minimum absolute atomic E-state index is 0.182. The minimum Gasteiger partial charge on any atom is -0.496 e. The molecular weight excluding hydrogens is 448 g/mol. The summed E-state index contributed by atoms with van der Waals surface area (Å²) in [5.74, 6) is 0.599. The van der Waals surface area contributed by atoms with Crippen molar-refractivity contribution in [3.05, 3.63) is 77.1 Å². The molecule has 0 saturated heterocycles. The van der Waals surface area contributed by atoms with Gasteiger partial charge < -0.3 is 4.74 Å². The van der Waals surface area contributed by atoms with Crippen molar-refractivity contribution in [3.63, 3.8) is 0 Å². The molecule has 5 rings (SSSR count). The SMILES string of the molecule is COc1cc2c(cc1C)cc(-c1cnc3ccc(Cl)nn13)n2S(=O)(=O)c1ccc(C)cc1. The number of rotatable bonds is 4. The third kappa shape index (κ3) is 3.14.